The molecule has 0 saturated carbocycles. The van der Waals surface area contributed by atoms with Gasteiger partial charge in [0.1, 0.15) is 0 Å². The number of hydrogen-bond acceptors (Lipinski definition) is 0. The molecule has 1 nitrogen and oxygen atoms in total. The summed E-state index contributed by atoms with van der Waals surface area (Å²) in [4.78, 5) is 4.58. The fourth-order valence-electron chi connectivity index (χ4n) is 1.89. The van der Waals surface area contributed by atoms with E-state index in [0.717, 1.165) is 11.0 Å². The highest BCUT2D eigenvalue weighted by molar-refractivity contribution is 6.07. The Morgan fingerprint density at radius 2 is 1.64 bits per heavy atom. The largest absolute Gasteiger partial charge is 0.657 e. The highest BCUT2D eigenvalue weighted by Crippen LogP contribution is 2.24. The lowest BCUT2D eigenvalue weighted by Gasteiger charge is -1.99. The van der Waals surface area contributed by atoms with Crippen LogP contribution < -0.4 is 4.98 Å². The Morgan fingerprint density at radius 3 is 2.57 bits per heavy atom. The van der Waals surface area contributed by atoms with E-state index in [1.54, 1.807) is 0 Å². The van der Waals surface area contributed by atoms with Crippen LogP contribution in [0, 0.1) is 6.92 Å². The third kappa shape index (κ3) is 0.956. The molecule has 0 fully saturated rings. The van der Waals surface area contributed by atoms with Crippen molar-refractivity contribution in [2.45, 2.75) is 6.92 Å². The van der Waals surface area contributed by atoms with Gasteiger partial charge in [0.15, 0.2) is 0 Å². The smallest absolute Gasteiger partial charge is 0.0343 e. The maximum Gasteiger partial charge on any atom is -0.0343 e. The number of benzene rings is 2. The fraction of sp³-hybridized carbons (Fsp3) is 0.0769. The van der Waals surface area contributed by atoms with E-state index in [2.05, 4.69) is 48.3 Å². The molecule has 0 aliphatic heterocycles. The topological polar surface area (TPSA) is 14.1 Å². The summed E-state index contributed by atoms with van der Waals surface area (Å²) in [6, 6.07) is 14.7. The minimum absolute atomic E-state index is 1.09. The first kappa shape index (κ1) is 7.63. The van der Waals surface area contributed by atoms with Crippen molar-refractivity contribution in [1.29, 1.82) is 0 Å². The Balaban J connectivity index is 2.57. The number of nitrogens with zero attached hydrogens (tertiary/aromatic N) is 1. The van der Waals surface area contributed by atoms with Crippen molar-refractivity contribution in [1.82, 2.24) is 4.98 Å². The molecule has 0 saturated heterocycles. The summed E-state index contributed by atoms with van der Waals surface area (Å²) in [5.74, 6) is 0. The van der Waals surface area contributed by atoms with Gasteiger partial charge in [0.05, 0.1) is 0 Å². The Kier molecular flexibility index (Phi) is 1.42. The first-order chi connectivity index (χ1) is 6.84. The number of aryl methyl sites for hydroxylation is 1. The Bertz CT molecular complexity index is 605. The average Bonchev–Trinajstić information content (AvgIpc) is 2.54. The van der Waals surface area contributed by atoms with E-state index in [1.807, 2.05) is 6.07 Å². The van der Waals surface area contributed by atoms with E-state index < -0.39 is 0 Å². The summed E-state index contributed by atoms with van der Waals surface area (Å²) in [5, 5.41) is 2.51. The molecule has 68 valence electrons. The predicted molar refractivity (Wildman–Crippen MR) is 59.5 cm³/mol. The van der Waals surface area contributed by atoms with Gasteiger partial charge in [-0.05, 0) is 17.7 Å². The molecule has 3 rings (SSSR count). The quantitative estimate of drug-likeness (QED) is 0.518. The number of aromatic nitrogens is 1. The lowest BCUT2D eigenvalue weighted by molar-refractivity contribution is 1.45. The van der Waals surface area contributed by atoms with Crippen LogP contribution in [0.2, 0.25) is 0 Å². The van der Waals surface area contributed by atoms with Crippen LogP contribution in [0.5, 0.6) is 0 Å². The standard InChI is InChI=1S/C13H10N/c1-9-6-7-11-10-4-2-3-5-12(10)14-13(11)8-9/h2-8H,1H3/q-1. The van der Waals surface area contributed by atoms with Gasteiger partial charge in [0.25, 0.3) is 0 Å². The van der Waals surface area contributed by atoms with Crippen molar-refractivity contribution in [3.8, 4) is 0 Å². The Hall–Kier alpha value is -1.76. The number of rotatable bonds is 0. The molecule has 3 aromatic rings. The summed E-state index contributed by atoms with van der Waals surface area (Å²) in [7, 11) is 0. The van der Waals surface area contributed by atoms with Crippen LogP contribution in [0.25, 0.3) is 21.8 Å². The average molecular weight is 180 g/mol. The van der Waals surface area contributed by atoms with Gasteiger partial charge in [-0.1, -0.05) is 48.0 Å². The molecule has 1 aromatic heterocycles. The normalized spacial score (nSPS) is 11.2. The van der Waals surface area contributed by atoms with E-state index >= 15 is 0 Å². The zero-order valence-corrected chi connectivity index (χ0v) is 7.99. The number of hydrogen-bond donors (Lipinski definition) is 0. The van der Waals surface area contributed by atoms with Crippen molar-refractivity contribution in [3.05, 3.63) is 48.0 Å². The van der Waals surface area contributed by atoms with Crippen molar-refractivity contribution in [3.63, 3.8) is 0 Å². The van der Waals surface area contributed by atoms with Crippen molar-refractivity contribution < 1.29 is 0 Å². The van der Waals surface area contributed by atoms with Crippen LogP contribution in [0.1, 0.15) is 5.56 Å². The van der Waals surface area contributed by atoms with Crippen LogP contribution in [-0.4, -0.2) is 0 Å². The zero-order chi connectivity index (χ0) is 9.54. The van der Waals surface area contributed by atoms with E-state index in [-0.39, 0.29) is 0 Å². The third-order valence-electron chi connectivity index (χ3n) is 2.59. The van der Waals surface area contributed by atoms with Gasteiger partial charge >= 0.3 is 0 Å². The van der Waals surface area contributed by atoms with Gasteiger partial charge in [-0.2, -0.15) is 0 Å². The molecule has 0 aliphatic rings. The summed E-state index contributed by atoms with van der Waals surface area (Å²) >= 11 is 0. The molecule has 14 heavy (non-hydrogen) atoms. The second kappa shape index (κ2) is 2.61. The lowest BCUT2D eigenvalue weighted by Crippen LogP contribution is -1.72. The minimum Gasteiger partial charge on any atom is -0.657 e. The van der Waals surface area contributed by atoms with E-state index in [9.17, 15) is 0 Å². The molecule has 0 radical (unpaired) electrons. The maximum atomic E-state index is 4.58. The maximum absolute atomic E-state index is 4.58. The summed E-state index contributed by atoms with van der Waals surface area (Å²) in [6.07, 6.45) is 0. The summed E-state index contributed by atoms with van der Waals surface area (Å²) in [6.45, 7) is 2.10. The van der Waals surface area contributed by atoms with Gasteiger partial charge in [-0.25, -0.2) is 0 Å². The lowest BCUT2D eigenvalue weighted by atomic mass is 10.1. The molecule has 0 spiro atoms. The second-order valence-corrected chi connectivity index (χ2v) is 3.65. The van der Waals surface area contributed by atoms with Gasteiger partial charge in [0, 0.05) is 0 Å². The predicted octanol–water partition coefficient (Wildman–Crippen LogP) is 3.26. The molecule has 1 heteroatoms. The van der Waals surface area contributed by atoms with Crippen LogP contribution in [-0.2, 0) is 0 Å². The molecule has 0 unspecified atom stereocenters. The van der Waals surface area contributed by atoms with E-state index in [1.165, 1.54) is 16.3 Å². The molecular weight excluding hydrogens is 170 g/mol. The monoisotopic (exact) mass is 180 g/mol. The highest BCUT2D eigenvalue weighted by atomic mass is 14.7. The van der Waals surface area contributed by atoms with Crippen molar-refractivity contribution >= 4 is 21.8 Å². The highest BCUT2D eigenvalue weighted by Gasteiger charge is 1.94. The summed E-state index contributed by atoms with van der Waals surface area (Å²) in [5.41, 5.74) is 3.46. The van der Waals surface area contributed by atoms with Crippen molar-refractivity contribution in [2.75, 3.05) is 0 Å². The Labute approximate surface area is 82.4 Å². The first-order valence-corrected chi connectivity index (χ1v) is 4.76. The van der Waals surface area contributed by atoms with Crippen LogP contribution in [0.4, 0.5) is 0 Å². The van der Waals surface area contributed by atoms with Crippen LogP contribution in [0.3, 0.4) is 0 Å². The van der Waals surface area contributed by atoms with Crippen LogP contribution in [0.15, 0.2) is 42.5 Å². The minimum atomic E-state index is 1.09. The van der Waals surface area contributed by atoms with Crippen molar-refractivity contribution in [2.24, 2.45) is 0 Å². The molecule has 0 aliphatic carbocycles. The Morgan fingerprint density at radius 1 is 0.857 bits per heavy atom. The van der Waals surface area contributed by atoms with E-state index in [0.29, 0.717) is 0 Å². The molecule has 0 amide bonds. The second-order valence-electron chi connectivity index (χ2n) is 3.65. The molecule has 0 N–H and O–H groups in total. The van der Waals surface area contributed by atoms with Gasteiger partial charge < -0.3 is 4.98 Å². The van der Waals surface area contributed by atoms with Gasteiger partial charge in [-0.15, -0.1) is 11.0 Å². The van der Waals surface area contributed by atoms with Gasteiger partial charge in [-0.3, -0.25) is 0 Å². The molecule has 1 heterocycles. The molecule has 0 atom stereocenters. The first-order valence-electron chi connectivity index (χ1n) is 4.76. The number of fused-ring (bicyclic) bond motifs is 3. The zero-order valence-electron chi connectivity index (χ0n) is 7.99. The van der Waals surface area contributed by atoms with Crippen LogP contribution >= 0.6 is 0 Å². The fourth-order valence-corrected chi connectivity index (χ4v) is 1.89. The molecule has 0 bridgehead atoms. The third-order valence-corrected chi connectivity index (χ3v) is 2.59. The number of para-hydroxylation sites is 1. The molecule has 2 aromatic carbocycles. The molecular formula is C13H10N-. The van der Waals surface area contributed by atoms with E-state index in [4.69, 9.17) is 0 Å². The van der Waals surface area contributed by atoms with Gasteiger partial charge in [0.2, 0.25) is 0 Å². The SMILES string of the molecule is Cc1ccc2c(c1)[n-]c1ccccc12. The summed E-state index contributed by atoms with van der Waals surface area (Å²) < 4.78 is 0.